The van der Waals surface area contributed by atoms with Gasteiger partial charge in [-0.05, 0) is 0 Å². The zero-order valence-corrected chi connectivity index (χ0v) is 7.82. The van der Waals surface area contributed by atoms with E-state index in [1.165, 1.54) is 0 Å². The van der Waals surface area contributed by atoms with Crippen LogP contribution in [-0.4, -0.2) is 39.7 Å². The summed E-state index contributed by atoms with van der Waals surface area (Å²) < 4.78 is 16.0. The first-order valence-corrected chi connectivity index (χ1v) is 5.45. The van der Waals surface area contributed by atoms with Crippen molar-refractivity contribution in [2.24, 2.45) is 0 Å². The van der Waals surface area contributed by atoms with Gasteiger partial charge in [-0.3, -0.25) is 0 Å². The quantitative estimate of drug-likeness (QED) is 0.394. The lowest BCUT2D eigenvalue weighted by atomic mass is 13.9. The van der Waals surface area contributed by atoms with Crippen LogP contribution in [0.15, 0.2) is 0 Å². The predicted molar refractivity (Wildman–Crippen MR) is 31.5 cm³/mol. The minimum absolute atomic E-state index is 0.382. The maximum absolute atomic E-state index is 5.04. The molecule has 0 bridgehead atoms. The summed E-state index contributed by atoms with van der Waals surface area (Å²) in [6.07, 6.45) is 0. The van der Waals surface area contributed by atoms with Crippen molar-refractivity contribution >= 4 is 39.7 Å². The molecule has 1 heterocycles. The van der Waals surface area contributed by atoms with Crippen molar-refractivity contribution in [1.82, 2.24) is 9.30 Å². The van der Waals surface area contributed by atoms with E-state index in [2.05, 4.69) is 9.30 Å². The highest BCUT2D eigenvalue weighted by molar-refractivity contribution is 6.58. The van der Waals surface area contributed by atoms with Crippen molar-refractivity contribution in [2.75, 3.05) is 0 Å². The van der Waals surface area contributed by atoms with Gasteiger partial charge in [-0.2, -0.15) is 0 Å². The third-order valence-corrected chi connectivity index (χ3v) is 3.67. The van der Waals surface area contributed by atoms with Gasteiger partial charge in [0.15, 0.2) is 0 Å². The summed E-state index contributed by atoms with van der Waals surface area (Å²) in [4.78, 5) is 0. The fourth-order valence-electron chi connectivity index (χ4n) is 0.195. The molecule has 0 atom stereocenters. The van der Waals surface area contributed by atoms with Crippen LogP contribution in [0.2, 0.25) is 0 Å². The van der Waals surface area contributed by atoms with Gasteiger partial charge in [0.25, 0.3) is 0 Å². The topological polar surface area (TPSA) is 42.5 Å². The molecule has 40 valence electrons. The van der Waals surface area contributed by atoms with Crippen LogP contribution < -0.4 is 9.30 Å². The second-order valence-corrected chi connectivity index (χ2v) is 5.31. The van der Waals surface area contributed by atoms with Gasteiger partial charge in [0.05, 0.1) is 0 Å². The Kier molecular flexibility index (Phi) is 3.90. The van der Waals surface area contributed by atoms with Gasteiger partial charge in [0.1, 0.15) is 0 Å². The number of rotatable bonds is 0. The third kappa shape index (κ3) is 2.88. The predicted octanol–water partition coefficient (Wildman–Crippen LogP) is -2.65. The number of hydrogen-bond acceptors (Lipinski definition) is 4. The van der Waals surface area contributed by atoms with E-state index in [1.807, 2.05) is 0 Å². The van der Waals surface area contributed by atoms with Crippen molar-refractivity contribution < 1.29 is 8.23 Å². The summed E-state index contributed by atoms with van der Waals surface area (Å²) in [6.45, 7) is 0. The van der Waals surface area contributed by atoms with E-state index in [0.717, 1.165) is 0 Å². The van der Waals surface area contributed by atoms with E-state index in [9.17, 15) is 0 Å². The van der Waals surface area contributed by atoms with Crippen molar-refractivity contribution in [1.29, 1.82) is 0 Å². The van der Waals surface area contributed by atoms with E-state index in [-0.39, 0.29) is 0 Å². The van der Waals surface area contributed by atoms with Crippen LogP contribution in [0.5, 0.6) is 0 Å². The Balaban J connectivity index is 2.00. The molecule has 0 saturated carbocycles. The molecule has 0 aromatic carbocycles. The molecular formula is H2N2O2Si4. The standard InChI is InChI=1S/H2N2O2Si4/c1-5-3-7-2-8-4-6-1/h1-2H. The number of hydrogen-bond donors (Lipinski definition) is 2. The van der Waals surface area contributed by atoms with E-state index in [0.29, 0.717) is 39.7 Å². The Morgan fingerprint density at radius 2 is 1.12 bits per heavy atom. The molecule has 0 aliphatic carbocycles. The lowest BCUT2D eigenvalue weighted by Crippen LogP contribution is -2.41. The van der Waals surface area contributed by atoms with E-state index < -0.39 is 0 Å². The summed E-state index contributed by atoms with van der Waals surface area (Å²) in [5, 5.41) is 0. The molecule has 0 spiro atoms. The second kappa shape index (κ2) is 4.57. The van der Waals surface area contributed by atoms with Crippen LogP contribution >= 0.6 is 0 Å². The molecule has 8 heavy (non-hydrogen) atoms. The van der Waals surface area contributed by atoms with Crippen molar-refractivity contribution in [2.45, 2.75) is 0 Å². The molecule has 8 radical (unpaired) electrons. The molecule has 2 N–H and O–H groups in total. The van der Waals surface area contributed by atoms with Crippen LogP contribution in [-0.2, 0) is 8.23 Å². The van der Waals surface area contributed by atoms with Gasteiger partial charge in [-0.1, -0.05) is 0 Å². The Labute approximate surface area is 57.8 Å². The van der Waals surface area contributed by atoms with Gasteiger partial charge < -0.3 is 17.5 Å². The third-order valence-electron chi connectivity index (χ3n) is 0.408. The molecule has 0 aromatic rings. The lowest BCUT2D eigenvalue weighted by molar-refractivity contribution is 0.577. The SMILES string of the molecule is N1[Si]O[Si]N[Si]O[Si]1. The molecule has 0 amide bonds. The Bertz CT molecular complexity index is 36.0. The molecule has 1 fully saturated rings. The molecular weight excluding hydrogens is 172 g/mol. The van der Waals surface area contributed by atoms with Crippen molar-refractivity contribution in [3.63, 3.8) is 0 Å². The summed E-state index contributed by atoms with van der Waals surface area (Å²) in [5.74, 6) is 0. The van der Waals surface area contributed by atoms with Crippen LogP contribution in [0.4, 0.5) is 0 Å². The zero-order valence-electron chi connectivity index (χ0n) is 3.82. The monoisotopic (exact) mass is 174 g/mol. The lowest BCUT2D eigenvalue weighted by Gasteiger charge is -2.06. The maximum Gasteiger partial charge on any atom is 0.320 e. The minimum atomic E-state index is 0.382. The summed E-state index contributed by atoms with van der Waals surface area (Å²) in [5.41, 5.74) is 0. The maximum atomic E-state index is 5.04. The van der Waals surface area contributed by atoms with Gasteiger partial charge in [0, 0.05) is 0 Å². The first-order valence-electron chi connectivity index (χ1n) is 1.82. The molecule has 1 aliphatic heterocycles. The van der Waals surface area contributed by atoms with Gasteiger partial charge in [0.2, 0.25) is 0 Å². The molecule has 1 aliphatic rings. The molecule has 1 rings (SSSR count). The minimum Gasteiger partial charge on any atom is -0.432 e. The fourth-order valence-corrected chi connectivity index (χ4v) is 3.59. The highest BCUT2D eigenvalue weighted by atomic mass is 28.4. The smallest absolute Gasteiger partial charge is 0.320 e. The zero-order chi connectivity index (χ0) is 5.66. The Morgan fingerprint density at radius 1 is 0.750 bits per heavy atom. The molecule has 4 nitrogen and oxygen atoms in total. The normalized spacial score (nSPS) is 24.0. The van der Waals surface area contributed by atoms with E-state index in [4.69, 9.17) is 8.23 Å². The highest BCUT2D eigenvalue weighted by Crippen LogP contribution is 1.65. The van der Waals surface area contributed by atoms with Crippen LogP contribution in [0.3, 0.4) is 0 Å². The Hall–Kier alpha value is 0.708. The van der Waals surface area contributed by atoms with Gasteiger partial charge in [-0.15, -0.1) is 0 Å². The first kappa shape index (κ1) is 6.82. The Morgan fingerprint density at radius 3 is 1.50 bits per heavy atom. The molecule has 0 unspecified atom stereocenters. The summed E-state index contributed by atoms with van der Waals surface area (Å²) >= 11 is 0. The molecule has 1 saturated heterocycles. The van der Waals surface area contributed by atoms with Crippen LogP contribution in [0, 0.1) is 0 Å². The van der Waals surface area contributed by atoms with Crippen LogP contribution in [0.25, 0.3) is 0 Å². The summed E-state index contributed by atoms with van der Waals surface area (Å²) in [7, 11) is 1.53. The first-order chi connectivity index (χ1) is 4.00. The average molecular weight is 174 g/mol. The van der Waals surface area contributed by atoms with Gasteiger partial charge >= 0.3 is 39.7 Å². The van der Waals surface area contributed by atoms with E-state index >= 15 is 0 Å². The number of nitrogens with one attached hydrogen (secondary N) is 2. The molecule has 0 aromatic heterocycles. The van der Waals surface area contributed by atoms with Crippen molar-refractivity contribution in [3.05, 3.63) is 0 Å². The summed E-state index contributed by atoms with van der Waals surface area (Å²) in [6, 6.07) is 0. The second-order valence-electron chi connectivity index (χ2n) is 0.862. The van der Waals surface area contributed by atoms with Crippen LogP contribution in [0.1, 0.15) is 0 Å². The molecule has 8 heteroatoms. The van der Waals surface area contributed by atoms with E-state index in [1.54, 1.807) is 0 Å². The average Bonchev–Trinajstić information content (AvgIpc) is 1.62. The van der Waals surface area contributed by atoms with Gasteiger partial charge in [-0.25, -0.2) is 0 Å². The van der Waals surface area contributed by atoms with Crippen molar-refractivity contribution in [3.8, 4) is 0 Å². The highest BCUT2D eigenvalue weighted by Gasteiger charge is 2.01. The largest absolute Gasteiger partial charge is 0.432 e. The fraction of sp³-hybridized carbons (Fsp3) is 0.